The summed E-state index contributed by atoms with van der Waals surface area (Å²) in [4.78, 5) is 26.6. The zero-order valence-corrected chi connectivity index (χ0v) is 16.7. The number of piperidine rings is 1. The molecule has 0 aromatic heterocycles. The third-order valence-corrected chi connectivity index (χ3v) is 5.23. The van der Waals surface area contributed by atoms with Gasteiger partial charge in [0.1, 0.15) is 0 Å². The van der Waals surface area contributed by atoms with E-state index in [0.717, 1.165) is 30.5 Å². The molecule has 0 aliphatic carbocycles. The first kappa shape index (κ1) is 19.9. The highest BCUT2D eigenvalue weighted by molar-refractivity contribution is 5.94. The summed E-state index contributed by atoms with van der Waals surface area (Å²) in [6.45, 7) is 6.61. The Morgan fingerprint density at radius 1 is 1.11 bits per heavy atom. The number of nitrogens with zero attached hydrogens (tertiary/aromatic N) is 1. The molecule has 28 heavy (non-hydrogen) atoms. The fourth-order valence-electron chi connectivity index (χ4n) is 3.62. The Kier molecular flexibility index (Phi) is 6.69. The molecule has 0 unspecified atom stereocenters. The normalized spacial score (nSPS) is 16.5. The molecule has 2 aromatic carbocycles. The largest absolute Gasteiger partial charge is 0.348 e. The highest BCUT2D eigenvalue weighted by atomic mass is 16.2. The molecular formula is C23H29N3O2. The van der Waals surface area contributed by atoms with Crippen LogP contribution in [-0.4, -0.2) is 36.5 Å². The van der Waals surface area contributed by atoms with Crippen molar-refractivity contribution in [2.24, 2.45) is 0 Å². The van der Waals surface area contributed by atoms with Gasteiger partial charge in [0, 0.05) is 37.7 Å². The van der Waals surface area contributed by atoms with E-state index in [1.165, 1.54) is 5.56 Å². The van der Waals surface area contributed by atoms with Gasteiger partial charge in [0.05, 0.1) is 0 Å². The maximum absolute atomic E-state index is 12.6. The minimum Gasteiger partial charge on any atom is -0.348 e. The minimum atomic E-state index is -0.0705. The molecule has 148 valence electrons. The van der Waals surface area contributed by atoms with Crippen LogP contribution in [0.25, 0.3) is 0 Å². The first-order valence-corrected chi connectivity index (χ1v) is 10.0. The van der Waals surface area contributed by atoms with Gasteiger partial charge in [-0.2, -0.15) is 0 Å². The maximum atomic E-state index is 12.6. The average molecular weight is 380 g/mol. The van der Waals surface area contributed by atoms with Crippen LogP contribution < -0.4 is 10.6 Å². The second-order valence-electron chi connectivity index (χ2n) is 7.41. The van der Waals surface area contributed by atoms with Gasteiger partial charge in [-0.25, -0.2) is 4.79 Å². The first-order chi connectivity index (χ1) is 13.6. The van der Waals surface area contributed by atoms with E-state index in [9.17, 15) is 9.59 Å². The molecule has 5 nitrogen and oxygen atoms in total. The number of nitrogens with one attached hydrogen (secondary N) is 2. The number of amides is 3. The van der Waals surface area contributed by atoms with Gasteiger partial charge in [-0.05, 0) is 49.9 Å². The molecule has 1 aliphatic heterocycles. The van der Waals surface area contributed by atoms with Gasteiger partial charge in [-0.1, -0.05) is 42.0 Å². The van der Waals surface area contributed by atoms with Gasteiger partial charge >= 0.3 is 6.03 Å². The molecule has 1 atom stereocenters. The summed E-state index contributed by atoms with van der Waals surface area (Å²) in [6, 6.07) is 16.0. The van der Waals surface area contributed by atoms with E-state index >= 15 is 0 Å². The second kappa shape index (κ2) is 9.40. The van der Waals surface area contributed by atoms with Crippen molar-refractivity contribution in [1.29, 1.82) is 0 Å². The lowest BCUT2D eigenvalue weighted by Gasteiger charge is -2.33. The number of benzene rings is 2. The number of hydrogen-bond acceptors (Lipinski definition) is 2. The maximum Gasteiger partial charge on any atom is 0.317 e. The van der Waals surface area contributed by atoms with Crippen molar-refractivity contribution in [2.75, 3.05) is 19.6 Å². The van der Waals surface area contributed by atoms with Gasteiger partial charge in [-0.15, -0.1) is 0 Å². The lowest BCUT2D eigenvalue weighted by atomic mass is 9.89. The predicted octanol–water partition coefficient (Wildman–Crippen LogP) is 3.83. The van der Waals surface area contributed by atoms with Crippen molar-refractivity contribution in [3.05, 3.63) is 70.8 Å². The summed E-state index contributed by atoms with van der Waals surface area (Å²) < 4.78 is 0. The molecule has 5 heteroatoms. The molecule has 2 aromatic rings. The summed E-state index contributed by atoms with van der Waals surface area (Å²) in [7, 11) is 0. The molecule has 2 N–H and O–H groups in total. The second-order valence-corrected chi connectivity index (χ2v) is 7.41. The first-order valence-electron chi connectivity index (χ1n) is 10.0. The van der Waals surface area contributed by atoms with Crippen molar-refractivity contribution < 1.29 is 9.59 Å². The summed E-state index contributed by atoms with van der Waals surface area (Å²) in [5, 5.41) is 5.87. The lowest BCUT2D eigenvalue weighted by molar-refractivity contribution is 0.0950. The van der Waals surface area contributed by atoms with Gasteiger partial charge in [0.25, 0.3) is 5.91 Å². The molecule has 1 fully saturated rings. The molecule has 1 heterocycles. The van der Waals surface area contributed by atoms with Crippen LogP contribution in [0.1, 0.15) is 52.7 Å². The number of hydrogen-bond donors (Lipinski definition) is 2. The third-order valence-electron chi connectivity index (χ3n) is 5.23. The van der Waals surface area contributed by atoms with E-state index in [1.807, 2.05) is 61.2 Å². The fourth-order valence-corrected chi connectivity index (χ4v) is 3.62. The zero-order valence-electron chi connectivity index (χ0n) is 16.7. The number of urea groups is 1. The van der Waals surface area contributed by atoms with Gasteiger partial charge < -0.3 is 15.5 Å². The Morgan fingerprint density at radius 3 is 2.64 bits per heavy atom. The molecular weight excluding hydrogens is 350 g/mol. The Balaban J connectivity index is 1.63. The van der Waals surface area contributed by atoms with Crippen LogP contribution in [0, 0.1) is 6.92 Å². The van der Waals surface area contributed by atoms with Crippen LogP contribution in [0.15, 0.2) is 48.5 Å². The Bertz CT molecular complexity index is 817. The van der Waals surface area contributed by atoms with Crippen LogP contribution in [0.3, 0.4) is 0 Å². The van der Waals surface area contributed by atoms with E-state index in [-0.39, 0.29) is 17.9 Å². The number of carbonyl (C=O) groups is 2. The van der Waals surface area contributed by atoms with Crippen LogP contribution in [0.5, 0.6) is 0 Å². The summed E-state index contributed by atoms with van der Waals surface area (Å²) in [6.07, 6.45) is 2.01. The van der Waals surface area contributed by atoms with E-state index < -0.39 is 0 Å². The number of carbonyl (C=O) groups excluding carboxylic acids is 2. The zero-order chi connectivity index (χ0) is 19.9. The molecule has 0 bridgehead atoms. The highest BCUT2D eigenvalue weighted by Gasteiger charge is 2.24. The average Bonchev–Trinajstić information content (AvgIpc) is 2.73. The Morgan fingerprint density at radius 2 is 1.89 bits per heavy atom. The number of aryl methyl sites for hydroxylation is 1. The molecule has 1 saturated heterocycles. The van der Waals surface area contributed by atoms with Crippen LogP contribution in [-0.2, 0) is 6.54 Å². The van der Waals surface area contributed by atoms with Gasteiger partial charge in [-0.3, -0.25) is 4.79 Å². The lowest BCUT2D eigenvalue weighted by Crippen LogP contribution is -2.44. The molecule has 3 amide bonds. The van der Waals surface area contributed by atoms with Crippen molar-refractivity contribution >= 4 is 11.9 Å². The number of likely N-dealkylation sites (tertiary alicyclic amines) is 1. The van der Waals surface area contributed by atoms with Crippen LogP contribution in [0.4, 0.5) is 4.79 Å². The quantitative estimate of drug-likeness (QED) is 0.829. The molecule has 3 rings (SSSR count). The van der Waals surface area contributed by atoms with Crippen molar-refractivity contribution in [1.82, 2.24) is 15.5 Å². The van der Waals surface area contributed by atoms with E-state index in [4.69, 9.17) is 0 Å². The van der Waals surface area contributed by atoms with Crippen LogP contribution in [0.2, 0.25) is 0 Å². The highest BCUT2D eigenvalue weighted by Crippen LogP contribution is 2.27. The van der Waals surface area contributed by atoms with Crippen molar-refractivity contribution in [3.8, 4) is 0 Å². The van der Waals surface area contributed by atoms with Crippen molar-refractivity contribution in [3.63, 3.8) is 0 Å². The summed E-state index contributed by atoms with van der Waals surface area (Å²) in [5.41, 5.74) is 4.08. The van der Waals surface area contributed by atoms with Gasteiger partial charge in [0.2, 0.25) is 0 Å². The smallest absolute Gasteiger partial charge is 0.317 e. The SMILES string of the molecule is CCNC(=O)N1CCC[C@H](c2cccc(C(=O)NCc3ccc(C)cc3)c2)C1. The minimum absolute atomic E-state index is 0.000745. The van der Waals surface area contributed by atoms with Crippen molar-refractivity contribution in [2.45, 2.75) is 39.2 Å². The predicted molar refractivity (Wildman–Crippen MR) is 111 cm³/mol. The molecule has 0 saturated carbocycles. The Hall–Kier alpha value is -2.82. The molecule has 1 aliphatic rings. The van der Waals surface area contributed by atoms with Crippen LogP contribution >= 0.6 is 0 Å². The van der Waals surface area contributed by atoms with E-state index in [1.54, 1.807) is 0 Å². The summed E-state index contributed by atoms with van der Waals surface area (Å²) >= 11 is 0. The fraction of sp³-hybridized carbons (Fsp3) is 0.391. The summed E-state index contributed by atoms with van der Waals surface area (Å²) in [5.74, 6) is 0.194. The Labute approximate surface area is 167 Å². The number of rotatable bonds is 5. The monoisotopic (exact) mass is 379 g/mol. The third kappa shape index (κ3) is 5.12. The van der Waals surface area contributed by atoms with Gasteiger partial charge in [0.15, 0.2) is 0 Å². The topological polar surface area (TPSA) is 61.4 Å². The molecule has 0 radical (unpaired) electrons. The van der Waals surface area contributed by atoms with E-state index in [2.05, 4.69) is 16.7 Å². The van der Waals surface area contributed by atoms with E-state index in [0.29, 0.717) is 25.2 Å². The standard InChI is InChI=1S/C23H29N3O2/c1-3-24-23(28)26-13-5-8-21(16-26)19-6-4-7-20(14-19)22(27)25-15-18-11-9-17(2)10-12-18/h4,6-7,9-12,14,21H,3,5,8,13,15-16H2,1-2H3,(H,24,28)(H,25,27)/t21-/m0/s1. The molecule has 0 spiro atoms.